The van der Waals surface area contributed by atoms with Crippen LogP contribution in [-0.2, 0) is 9.47 Å². The molecular weight excluding hydrogens is 272 g/mol. The van der Waals surface area contributed by atoms with Crippen molar-refractivity contribution in [3.8, 4) is 5.75 Å². The van der Waals surface area contributed by atoms with Crippen molar-refractivity contribution >= 4 is 23.3 Å². The number of carbonyl (C=O) groups excluding carboxylic acids is 1. The van der Waals surface area contributed by atoms with E-state index in [1.165, 1.54) is 21.3 Å². The second-order valence-electron chi connectivity index (χ2n) is 3.58. The standard InChI is InChI=1S/C12H17ClN2O4/c1-17-10-5-4-8(13)6-9(10)15-12(16)14-7-11(18-2)19-3/h4-6,11H,7H2,1-3H3,(H2,14,15,16). The summed E-state index contributed by atoms with van der Waals surface area (Å²) in [7, 11) is 4.50. The van der Waals surface area contributed by atoms with Crippen molar-refractivity contribution in [2.75, 3.05) is 33.2 Å². The summed E-state index contributed by atoms with van der Waals surface area (Å²) in [6, 6.07) is 4.55. The molecular formula is C12H17ClN2O4. The molecule has 1 aromatic rings. The molecule has 6 nitrogen and oxygen atoms in total. The van der Waals surface area contributed by atoms with Gasteiger partial charge in [0.25, 0.3) is 0 Å². The van der Waals surface area contributed by atoms with E-state index in [0.717, 1.165) is 0 Å². The Kier molecular flexibility index (Phi) is 6.41. The van der Waals surface area contributed by atoms with Gasteiger partial charge in [0.2, 0.25) is 0 Å². The summed E-state index contributed by atoms with van der Waals surface area (Å²) >= 11 is 5.86. The van der Waals surface area contributed by atoms with Gasteiger partial charge in [0, 0.05) is 19.2 Å². The van der Waals surface area contributed by atoms with Gasteiger partial charge >= 0.3 is 6.03 Å². The Balaban J connectivity index is 2.59. The first-order valence-corrected chi connectivity index (χ1v) is 5.92. The van der Waals surface area contributed by atoms with E-state index in [1.54, 1.807) is 18.2 Å². The number of amides is 2. The molecule has 0 fully saturated rings. The van der Waals surface area contributed by atoms with Crippen LogP contribution in [0.3, 0.4) is 0 Å². The minimum atomic E-state index is -0.494. The smallest absolute Gasteiger partial charge is 0.319 e. The van der Waals surface area contributed by atoms with Crippen molar-refractivity contribution in [3.05, 3.63) is 23.2 Å². The van der Waals surface area contributed by atoms with Crippen LogP contribution in [0.5, 0.6) is 5.75 Å². The van der Waals surface area contributed by atoms with E-state index in [2.05, 4.69) is 10.6 Å². The fourth-order valence-corrected chi connectivity index (χ4v) is 1.56. The van der Waals surface area contributed by atoms with E-state index >= 15 is 0 Å². The number of anilines is 1. The minimum Gasteiger partial charge on any atom is -0.495 e. The lowest BCUT2D eigenvalue weighted by Gasteiger charge is -2.15. The number of nitrogens with one attached hydrogen (secondary N) is 2. The molecule has 0 aliphatic rings. The van der Waals surface area contributed by atoms with E-state index in [0.29, 0.717) is 16.5 Å². The SMILES string of the molecule is COc1ccc(Cl)cc1NC(=O)NCC(OC)OC. The van der Waals surface area contributed by atoms with Gasteiger partial charge in [-0.3, -0.25) is 0 Å². The molecule has 0 atom stereocenters. The summed E-state index contributed by atoms with van der Waals surface area (Å²) in [5.74, 6) is 0.523. The Morgan fingerprint density at radius 2 is 2.00 bits per heavy atom. The van der Waals surface area contributed by atoms with Crippen LogP contribution in [0.25, 0.3) is 0 Å². The summed E-state index contributed by atoms with van der Waals surface area (Å²) < 4.78 is 15.0. The largest absolute Gasteiger partial charge is 0.495 e. The van der Waals surface area contributed by atoms with E-state index in [1.807, 2.05) is 0 Å². The second-order valence-corrected chi connectivity index (χ2v) is 4.02. The number of hydrogen-bond donors (Lipinski definition) is 2. The third-order valence-corrected chi connectivity index (χ3v) is 2.60. The molecule has 0 spiro atoms. The molecule has 0 unspecified atom stereocenters. The lowest BCUT2D eigenvalue weighted by atomic mass is 10.3. The Morgan fingerprint density at radius 3 is 2.58 bits per heavy atom. The third-order valence-electron chi connectivity index (χ3n) is 2.36. The number of carbonyl (C=O) groups is 1. The number of hydrogen-bond acceptors (Lipinski definition) is 4. The van der Waals surface area contributed by atoms with Crippen LogP contribution in [0.15, 0.2) is 18.2 Å². The van der Waals surface area contributed by atoms with Crippen LogP contribution in [0.4, 0.5) is 10.5 Å². The number of ether oxygens (including phenoxy) is 3. The Hall–Kier alpha value is -1.50. The molecule has 0 aromatic heterocycles. The summed E-state index contributed by atoms with van der Waals surface area (Å²) in [4.78, 5) is 11.7. The van der Waals surface area contributed by atoms with Gasteiger partial charge in [-0.2, -0.15) is 0 Å². The summed E-state index contributed by atoms with van der Waals surface area (Å²) in [5.41, 5.74) is 0.485. The van der Waals surface area contributed by atoms with Gasteiger partial charge in [-0.15, -0.1) is 0 Å². The number of benzene rings is 1. The first-order valence-electron chi connectivity index (χ1n) is 5.54. The van der Waals surface area contributed by atoms with E-state index in [-0.39, 0.29) is 6.54 Å². The highest BCUT2D eigenvalue weighted by atomic mass is 35.5. The molecule has 0 saturated heterocycles. The Morgan fingerprint density at radius 1 is 1.32 bits per heavy atom. The quantitative estimate of drug-likeness (QED) is 0.787. The molecule has 106 valence electrons. The molecule has 1 aromatic carbocycles. The fraction of sp³-hybridized carbons (Fsp3) is 0.417. The minimum absolute atomic E-state index is 0.224. The van der Waals surface area contributed by atoms with Gasteiger partial charge in [-0.05, 0) is 18.2 Å². The fourth-order valence-electron chi connectivity index (χ4n) is 1.38. The molecule has 2 N–H and O–H groups in total. The van der Waals surface area contributed by atoms with Crippen LogP contribution >= 0.6 is 11.6 Å². The maximum atomic E-state index is 11.7. The topological polar surface area (TPSA) is 68.8 Å². The Bertz CT molecular complexity index is 424. The molecule has 0 heterocycles. The average Bonchev–Trinajstić information content (AvgIpc) is 2.40. The molecule has 7 heteroatoms. The first-order chi connectivity index (χ1) is 9.10. The van der Waals surface area contributed by atoms with Crippen molar-refractivity contribution in [1.29, 1.82) is 0 Å². The maximum absolute atomic E-state index is 11.7. The van der Waals surface area contributed by atoms with Crippen LogP contribution in [-0.4, -0.2) is 40.2 Å². The molecule has 0 bridgehead atoms. The average molecular weight is 289 g/mol. The predicted molar refractivity (Wildman–Crippen MR) is 72.8 cm³/mol. The van der Waals surface area contributed by atoms with E-state index < -0.39 is 12.3 Å². The summed E-state index contributed by atoms with van der Waals surface area (Å²) in [5, 5.41) is 5.74. The summed E-state index contributed by atoms with van der Waals surface area (Å²) in [6.45, 7) is 0.224. The number of urea groups is 1. The number of methoxy groups -OCH3 is 3. The lowest BCUT2D eigenvalue weighted by Crippen LogP contribution is -2.36. The first kappa shape index (κ1) is 15.6. The van der Waals surface area contributed by atoms with Gasteiger partial charge in [0.15, 0.2) is 6.29 Å². The van der Waals surface area contributed by atoms with Crippen molar-refractivity contribution < 1.29 is 19.0 Å². The molecule has 0 aliphatic heterocycles. The van der Waals surface area contributed by atoms with E-state index in [4.69, 9.17) is 25.8 Å². The highest BCUT2D eigenvalue weighted by Gasteiger charge is 2.10. The van der Waals surface area contributed by atoms with Crippen LogP contribution in [0.1, 0.15) is 0 Å². The van der Waals surface area contributed by atoms with Crippen molar-refractivity contribution in [3.63, 3.8) is 0 Å². The Labute approximate surface area is 117 Å². The van der Waals surface area contributed by atoms with Crippen molar-refractivity contribution in [2.24, 2.45) is 0 Å². The van der Waals surface area contributed by atoms with Gasteiger partial charge in [0.05, 0.1) is 19.3 Å². The highest BCUT2D eigenvalue weighted by molar-refractivity contribution is 6.31. The van der Waals surface area contributed by atoms with Gasteiger partial charge < -0.3 is 24.8 Å². The van der Waals surface area contributed by atoms with Crippen molar-refractivity contribution in [1.82, 2.24) is 5.32 Å². The van der Waals surface area contributed by atoms with Gasteiger partial charge in [-0.1, -0.05) is 11.6 Å². The number of rotatable bonds is 6. The summed E-state index contributed by atoms with van der Waals surface area (Å²) in [6.07, 6.45) is -0.494. The second kappa shape index (κ2) is 7.83. The molecule has 19 heavy (non-hydrogen) atoms. The molecule has 0 aliphatic carbocycles. The zero-order valence-corrected chi connectivity index (χ0v) is 11.8. The van der Waals surface area contributed by atoms with Crippen LogP contribution < -0.4 is 15.4 Å². The zero-order chi connectivity index (χ0) is 14.3. The van der Waals surface area contributed by atoms with Crippen molar-refractivity contribution in [2.45, 2.75) is 6.29 Å². The molecule has 1 rings (SSSR count). The highest BCUT2D eigenvalue weighted by Crippen LogP contribution is 2.27. The molecule has 0 saturated carbocycles. The lowest BCUT2D eigenvalue weighted by molar-refractivity contribution is -0.0970. The number of halogens is 1. The third kappa shape index (κ3) is 4.94. The maximum Gasteiger partial charge on any atom is 0.319 e. The van der Waals surface area contributed by atoms with Gasteiger partial charge in [-0.25, -0.2) is 4.79 Å². The van der Waals surface area contributed by atoms with Crippen LogP contribution in [0.2, 0.25) is 5.02 Å². The van der Waals surface area contributed by atoms with Gasteiger partial charge in [0.1, 0.15) is 5.75 Å². The molecule has 0 radical (unpaired) electrons. The molecule has 2 amide bonds. The zero-order valence-electron chi connectivity index (χ0n) is 11.0. The normalized spacial score (nSPS) is 10.4. The monoisotopic (exact) mass is 288 g/mol. The van der Waals surface area contributed by atoms with Crippen LogP contribution in [0, 0.1) is 0 Å². The van der Waals surface area contributed by atoms with E-state index in [9.17, 15) is 4.79 Å². The predicted octanol–water partition coefficient (Wildman–Crippen LogP) is 2.09.